The zero-order valence-electron chi connectivity index (χ0n) is 18.0. The predicted molar refractivity (Wildman–Crippen MR) is 128 cm³/mol. The van der Waals surface area contributed by atoms with Crippen LogP contribution in [0.3, 0.4) is 0 Å². The minimum absolute atomic E-state index is 0.0637. The number of hydrogen-bond acceptors (Lipinski definition) is 5. The Balaban J connectivity index is 1.31. The molecule has 1 aliphatic heterocycles. The van der Waals surface area contributed by atoms with E-state index in [4.69, 9.17) is 27.9 Å². The molecule has 1 saturated heterocycles. The van der Waals surface area contributed by atoms with Crippen LogP contribution < -0.4 is 9.64 Å². The number of benzene rings is 2. The molecule has 8 heteroatoms. The molecule has 3 aromatic rings. The molecule has 1 aromatic heterocycles. The predicted octanol–water partition coefficient (Wildman–Crippen LogP) is 4.79. The summed E-state index contributed by atoms with van der Waals surface area (Å²) in [6.45, 7) is 6.68. The lowest BCUT2D eigenvalue weighted by Crippen LogP contribution is -2.50. The van der Waals surface area contributed by atoms with Gasteiger partial charge >= 0.3 is 0 Å². The van der Waals surface area contributed by atoms with Crippen LogP contribution in [0.1, 0.15) is 11.1 Å². The standard InChI is InChI=1S/C24H24Cl2N4O2/c1-16-3-4-18(13-17(16)2)21-6-8-23(28-27-21)29-9-11-30(12-10-29)24(31)15-32-22-7-5-19(25)14-20(22)26/h3-8,13-14H,9-12,15H2,1-2H3. The van der Waals surface area contributed by atoms with Gasteiger partial charge in [0.1, 0.15) is 5.75 Å². The molecule has 0 saturated carbocycles. The summed E-state index contributed by atoms with van der Waals surface area (Å²) in [5, 5.41) is 9.74. The quantitative estimate of drug-likeness (QED) is 0.536. The Morgan fingerprint density at radius 3 is 2.38 bits per heavy atom. The van der Waals surface area contributed by atoms with Gasteiger partial charge in [-0.2, -0.15) is 0 Å². The maximum Gasteiger partial charge on any atom is 0.260 e. The summed E-state index contributed by atoms with van der Waals surface area (Å²) in [5.74, 6) is 1.18. The van der Waals surface area contributed by atoms with E-state index in [0.717, 1.165) is 17.1 Å². The first-order valence-corrected chi connectivity index (χ1v) is 11.2. The fourth-order valence-electron chi connectivity index (χ4n) is 3.56. The van der Waals surface area contributed by atoms with Gasteiger partial charge < -0.3 is 14.5 Å². The molecule has 0 spiro atoms. The second kappa shape index (κ2) is 9.76. The monoisotopic (exact) mass is 470 g/mol. The van der Waals surface area contributed by atoms with Crippen LogP contribution in [0.5, 0.6) is 5.75 Å². The van der Waals surface area contributed by atoms with Gasteiger partial charge in [0.25, 0.3) is 5.91 Å². The molecule has 0 radical (unpaired) electrons. The first-order chi connectivity index (χ1) is 15.4. The van der Waals surface area contributed by atoms with Crippen LogP contribution >= 0.6 is 23.2 Å². The van der Waals surface area contributed by atoms with E-state index in [1.54, 1.807) is 23.1 Å². The number of aryl methyl sites for hydroxylation is 2. The van der Waals surface area contributed by atoms with Crippen LogP contribution in [0.25, 0.3) is 11.3 Å². The molecule has 166 valence electrons. The SMILES string of the molecule is Cc1ccc(-c2ccc(N3CCN(C(=O)COc4ccc(Cl)cc4Cl)CC3)nn2)cc1C. The van der Waals surface area contributed by atoms with Crippen LogP contribution in [0, 0.1) is 13.8 Å². The van der Waals surface area contributed by atoms with Crippen LogP contribution in [-0.2, 0) is 4.79 Å². The molecular formula is C24H24Cl2N4O2. The fraction of sp³-hybridized carbons (Fsp3) is 0.292. The lowest BCUT2D eigenvalue weighted by Gasteiger charge is -2.35. The molecule has 1 amide bonds. The summed E-state index contributed by atoms with van der Waals surface area (Å²) in [5.41, 5.74) is 4.40. The molecule has 0 N–H and O–H groups in total. The summed E-state index contributed by atoms with van der Waals surface area (Å²) in [6.07, 6.45) is 0. The zero-order chi connectivity index (χ0) is 22.7. The number of rotatable bonds is 5. The van der Waals surface area contributed by atoms with E-state index in [9.17, 15) is 4.79 Å². The van der Waals surface area contributed by atoms with E-state index >= 15 is 0 Å². The number of carbonyl (C=O) groups is 1. The van der Waals surface area contributed by atoms with Crippen molar-refractivity contribution in [3.05, 3.63) is 69.7 Å². The highest BCUT2D eigenvalue weighted by atomic mass is 35.5. The topological polar surface area (TPSA) is 58.6 Å². The van der Waals surface area contributed by atoms with Gasteiger partial charge in [0.2, 0.25) is 0 Å². The van der Waals surface area contributed by atoms with Crippen LogP contribution in [0.15, 0.2) is 48.5 Å². The number of anilines is 1. The van der Waals surface area contributed by atoms with E-state index in [2.05, 4.69) is 47.1 Å². The summed E-state index contributed by atoms with van der Waals surface area (Å²) < 4.78 is 5.57. The highest BCUT2D eigenvalue weighted by Crippen LogP contribution is 2.27. The third-order valence-electron chi connectivity index (χ3n) is 5.65. The molecule has 2 aromatic carbocycles. The number of carbonyl (C=O) groups excluding carboxylic acids is 1. The third-order valence-corrected chi connectivity index (χ3v) is 6.19. The van der Waals surface area contributed by atoms with Crippen molar-refractivity contribution in [2.24, 2.45) is 0 Å². The van der Waals surface area contributed by atoms with E-state index in [-0.39, 0.29) is 12.5 Å². The van der Waals surface area contributed by atoms with Crippen molar-refractivity contribution in [1.82, 2.24) is 15.1 Å². The Kier molecular flexibility index (Phi) is 6.82. The Morgan fingerprint density at radius 2 is 1.72 bits per heavy atom. The molecule has 0 unspecified atom stereocenters. The maximum absolute atomic E-state index is 12.5. The number of halogens is 2. The molecule has 2 heterocycles. The lowest BCUT2D eigenvalue weighted by atomic mass is 10.0. The first kappa shape index (κ1) is 22.4. The Labute approximate surface area is 197 Å². The molecule has 6 nitrogen and oxygen atoms in total. The number of ether oxygens (including phenoxy) is 1. The second-order valence-electron chi connectivity index (χ2n) is 7.81. The van der Waals surface area contributed by atoms with Gasteiger partial charge in [0, 0.05) is 36.8 Å². The molecule has 4 rings (SSSR count). The summed E-state index contributed by atoms with van der Waals surface area (Å²) in [6, 6.07) is 15.2. The molecular weight excluding hydrogens is 447 g/mol. The van der Waals surface area contributed by atoms with Crippen molar-refractivity contribution in [3.63, 3.8) is 0 Å². The van der Waals surface area contributed by atoms with Crippen molar-refractivity contribution in [2.75, 3.05) is 37.7 Å². The number of piperazine rings is 1. The summed E-state index contributed by atoms with van der Waals surface area (Å²) >= 11 is 12.0. The Hall–Kier alpha value is -2.83. The minimum Gasteiger partial charge on any atom is -0.482 e. The average molecular weight is 471 g/mol. The van der Waals surface area contributed by atoms with Crippen LogP contribution in [-0.4, -0.2) is 53.8 Å². The zero-order valence-corrected chi connectivity index (χ0v) is 19.5. The van der Waals surface area contributed by atoms with Crippen molar-refractivity contribution in [1.29, 1.82) is 0 Å². The molecule has 0 atom stereocenters. The Bertz CT molecular complexity index is 1110. The molecule has 32 heavy (non-hydrogen) atoms. The lowest BCUT2D eigenvalue weighted by molar-refractivity contribution is -0.133. The molecule has 0 bridgehead atoms. The van der Waals surface area contributed by atoms with Gasteiger partial charge in [-0.25, -0.2) is 0 Å². The number of amides is 1. The average Bonchev–Trinajstić information content (AvgIpc) is 2.80. The molecule has 1 fully saturated rings. The van der Waals surface area contributed by atoms with Gasteiger partial charge in [0.15, 0.2) is 12.4 Å². The summed E-state index contributed by atoms with van der Waals surface area (Å²) in [4.78, 5) is 16.5. The smallest absolute Gasteiger partial charge is 0.260 e. The summed E-state index contributed by atoms with van der Waals surface area (Å²) in [7, 11) is 0. The van der Waals surface area contributed by atoms with Crippen LogP contribution in [0.2, 0.25) is 10.0 Å². The van der Waals surface area contributed by atoms with E-state index in [1.807, 2.05) is 12.1 Å². The van der Waals surface area contributed by atoms with Crippen molar-refractivity contribution < 1.29 is 9.53 Å². The Morgan fingerprint density at radius 1 is 0.938 bits per heavy atom. The van der Waals surface area contributed by atoms with Crippen molar-refractivity contribution in [3.8, 4) is 17.0 Å². The largest absolute Gasteiger partial charge is 0.482 e. The van der Waals surface area contributed by atoms with Gasteiger partial charge in [-0.05, 0) is 61.4 Å². The normalized spacial score (nSPS) is 13.9. The van der Waals surface area contributed by atoms with Crippen LogP contribution in [0.4, 0.5) is 5.82 Å². The number of aromatic nitrogens is 2. The maximum atomic E-state index is 12.5. The van der Waals surface area contributed by atoms with Gasteiger partial charge in [-0.1, -0.05) is 35.3 Å². The fourth-order valence-corrected chi connectivity index (χ4v) is 4.02. The van der Waals surface area contributed by atoms with Gasteiger partial charge in [-0.3, -0.25) is 4.79 Å². The van der Waals surface area contributed by atoms with E-state index < -0.39 is 0 Å². The second-order valence-corrected chi connectivity index (χ2v) is 8.65. The highest BCUT2D eigenvalue weighted by molar-refractivity contribution is 6.35. The number of nitrogens with zero attached hydrogens (tertiary/aromatic N) is 4. The highest BCUT2D eigenvalue weighted by Gasteiger charge is 2.22. The third kappa shape index (κ3) is 5.14. The first-order valence-electron chi connectivity index (χ1n) is 10.4. The van der Waals surface area contributed by atoms with E-state index in [1.165, 1.54) is 11.1 Å². The van der Waals surface area contributed by atoms with Crippen molar-refractivity contribution in [2.45, 2.75) is 13.8 Å². The minimum atomic E-state index is -0.0770. The van der Waals surface area contributed by atoms with Gasteiger partial charge in [-0.15, -0.1) is 10.2 Å². The van der Waals surface area contributed by atoms with Gasteiger partial charge in [0.05, 0.1) is 10.7 Å². The van der Waals surface area contributed by atoms with Crippen molar-refractivity contribution >= 4 is 34.9 Å². The number of hydrogen-bond donors (Lipinski definition) is 0. The molecule has 0 aliphatic carbocycles. The van der Waals surface area contributed by atoms with E-state index in [0.29, 0.717) is 42.0 Å². The molecule has 1 aliphatic rings.